The smallest absolute Gasteiger partial charge is 0.242 e. The Morgan fingerprint density at radius 3 is 3.00 bits per heavy atom. The molecule has 1 atom stereocenters. The fourth-order valence-corrected chi connectivity index (χ4v) is 3.65. The average Bonchev–Trinajstić information content (AvgIpc) is 3.26. The Bertz CT molecular complexity index is 650. The normalized spacial score (nSPS) is 17.5. The molecule has 3 rings (SSSR count). The minimum atomic E-state index is 0.0523. The van der Waals surface area contributed by atoms with Crippen molar-refractivity contribution < 1.29 is 4.79 Å². The lowest BCUT2D eigenvalue weighted by Gasteiger charge is -2.29. The standard InChI is InChI=1S/C16H22N6OS/c1-20(12-15(23)21(2)16-17-8-10-24-16)11-13-5-4-9-22(13)14-6-3-7-18-19-14/h3,6-8,10,13H,4-5,9,11-12H2,1-2H3. The Hall–Kier alpha value is -2.06. The molecule has 1 saturated heterocycles. The van der Waals surface area contributed by atoms with Gasteiger partial charge in [0, 0.05) is 44.0 Å². The first-order chi connectivity index (χ1) is 11.6. The number of carbonyl (C=O) groups is 1. The van der Waals surface area contributed by atoms with Crippen LogP contribution in [0.4, 0.5) is 10.9 Å². The molecule has 0 saturated carbocycles. The van der Waals surface area contributed by atoms with Gasteiger partial charge in [0.25, 0.3) is 0 Å². The molecular formula is C16H22N6OS. The predicted molar refractivity (Wildman–Crippen MR) is 95.4 cm³/mol. The second-order valence-electron chi connectivity index (χ2n) is 6.04. The van der Waals surface area contributed by atoms with Crippen molar-refractivity contribution in [1.82, 2.24) is 20.1 Å². The third-order valence-corrected chi connectivity index (χ3v) is 5.09. The van der Waals surface area contributed by atoms with Crippen molar-refractivity contribution in [2.45, 2.75) is 18.9 Å². The van der Waals surface area contributed by atoms with E-state index < -0.39 is 0 Å². The third-order valence-electron chi connectivity index (χ3n) is 4.24. The van der Waals surface area contributed by atoms with Crippen molar-refractivity contribution in [2.24, 2.45) is 0 Å². The zero-order chi connectivity index (χ0) is 16.9. The SMILES string of the molecule is CN(CC(=O)N(C)c1nccs1)CC1CCCN1c1cccnn1. The number of rotatable bonds is 6. The summed E-state index contributed by atoms with van der Waals surface area (Å²) in [6.45, 7) is 2.19. The van der Waals surface area contributed by atoms with E-state index in [0.29, 0.717) is 12.6 Å². The molecule has 24 heavy (non-hydrogen) atoms. The summed E-state index contributed by atoms with van der Waals surface area (Å²) in [7, 11) is 3.76. The molecule has 0 spiro atoms. The van der Waals surface area contributed by atoms with E-state index in [4.69, 9.17) is 0 Å². The predicted octanol–water partition coefficient (Wildman–Crippen LogP) is 1.50. The van der Waals surface area contributed by atoms with E-state index in [0.717, 1.165) is 36.9 Å². The summed E-state index contributed by atoms with van der Waals surface area (Å²) >= 11 is 1.47. The number of nitrogens with zero attached hydrogens (tertiary/aromatic N) is 6. The summed E-state index contributed by atoms with van der Waals surface area (Å²) in [6, 6.07) is 4.27. The van der Waals surface area contributed by atoms with Gasteiger partial charge in [-0.05, 0) is 32.0 Å². The lowest BCUT2D eigenvalue weighted by Crippen LogP contribution is -2.43. The van der Waals surface area contributed by atoms with Gasteiger partial charge in [0.1, 0.15) is 0 Å². The van der Waals surface area contributed by atoms with Crippen molar-refractivity contribution in [1.29, 1.82) is 0 Å². The highest BCUT2D eigenvalue weighted by molar-refractivity contribution is 7.13. The lowest BCUT2D eigenvalue weighted by molar-refractivity contribution is -0.119. The van der Waals surface area contributed by atoms with Crippen molar-refractivity contribution in [3.8, 4) is 0 Å². The van der Waals surface area contributed by atoms with Gasteiger partial charge in [0.2, 0.25) is 5.91 Å². The van der Waals surface area contributed by atoms with E-state index in [2.05, 4.69) is 25.0 Å². The van der Waals surface area contributed by atoms with Crippen molar-refractivity contribution in [3.63, 3.8) is 0 Å². The Morgan fingerprint density at radius 2 is 2.29 bits per heavy atom. The van der Waals surface area contributed by atoms with Crippen LogP contribution in [0.1, 0.15) is 12.8 Å². The first kappa shape index (κ1) is 16.8. The van der Waals surface area contributed by atoms with E-state index in [-0.39, 0.29) is 5.91 Å². The van der Waals surface area contributed by atoms with Crippen LogP contribution in [0.15, 0.2) is 29.9 Å². The topological polar surface area (TPSA) is 65.5 Å². The van der Waals surface area contributed by atoms with Crippen molar-refractivity contribution in [2.75, 3.05) is 43.5 Å². The maximum Gasteiger partial charge on any atom is 0.242 e. The molecule has 8 heteroatoms. The van der Waals surface area contributed by atoms with Crippen LogP contribution in [0.25, 0.3) is 0 Å². The highest BCUT2D eigenvalue weighted by atomic mass is 32.1. The number of thiazole rings is 1. The summed E-state index contributed by atoms with van der Waals surface area (Å²) in [5.74, 6) is 0.969. The third kappa shape index (κ3) is 3.88. The van der Waals surface area contributed by atoms with E-state index in [9.17, 15) is 4.79 Å². The molecule has 0 radical (unpaired) electrons. The Kier molecular flexibility index (Phi) is 5.37. The van der Waals surface area contributed by atoms with Gasteiger partial charge in [-0.2, -0.15) is 5.10 Å². The van der Waals surface area contributed by atoms with E-state index in [1.807, 2.05) is 24.6 Å². The minimum absolute atomic E-state index is 0.0523. The first-order valence-electron chi connectivity index (χ1n) is 8.04. The number of hydrogen-bond donors (Lipinski definition) is 0. The Labute approximate surface area is 145 Å². The van der Waals surface area contributed by atoms with Gasteiger partial charge in [-0.3, -0.25) is 14.6 Å². The molecule has 1 amide bonds. The number of aromatic nitrogens is 3. The molecule has 0 N–H and O–H groups in total. The van der Waals surface area contributed by atoms with Gasteiger partial charge >= 0.3 is 0 Å². The fraction of sp³-hybridized carbons (Fsp3) is 0.500. The maximum atomic E-state index is 12.4. The molecule has 1 aliphatic rings. The molecule has 7 nitrogen and oxygen atoms in total. The van der Waals surface area contributed by atoms with Crippen molar-refractivity contribution in [3.05, 3.63) is 29.9 Å². The molecule has 1 aliphatic heterocycles. The highest BCUT2D eigenvalue weighted by Gasteiger charge is 2.27. The van der Waals surface area contributed by atoms with E-state index in [1.165, 1.54) is 11.3 Å². The second kappa shape index (κ2) is 7.67. The van der Waals surface area contributed by atoms with Gasteiger partial charge in [-0.1, -0.05) is 0 Å². The summed E-state index contributed by atoms with van der Waals surface area (Å²) in [5, 5.41) is 10.8. The molecule has 0 aromatic carbocycles. The maximum absolute atomic E-state index is 12.4. The largest absolute Gasteiger partial charge is 0.351 e. The molecule has 0 aliphatic carbocycles. The van der Waals surface area contributed by atoms with Crippen LogP contribution in [-0.4, -0.2) is 65.8 Å². The molecule has 1 unspecified atom stereocenters. The molecule has 2 aromatic heterocycles. The van der Waals surface area contributed by atoms with Gasteiger partial charge < -0.3 is 4.90 Å². The van der Waals surface area contributed by atoms with Crippen LogP contribution in [0.2, 0.25) is 0 Å². The van der Waals surface area contributed by atoms with Gasteiger partial charge in [0.05, 0.1) is 6.54 Å². The van der Waals surface area contributed by atoms with E-state index in [1.54, 1.807) is 24.3 Å². The number of carbonyl (C=O) groups excluding carboxylic acids is 1. The Balaban J connectivity index is 1.56. The zero-order valence-electron chi connectivity index (χ0n) is 14.0. The van der Waals surface area contributed by atoms with Gasteiger partial charge in [-0.15, -0.1) is 16.4 Å². The number of hydrogen-bond acceptors (Lipinski definition) is 7. The average molecular weight is 346 g/mol. The fourth-order valence-electron chi connectivity index (χ4n) is 3.02. The molecule has 2 aromatic rings. The summed E-state index contributed by atoms with van der Waals surface area (Å²) in [6.07, 6.45) is 5.65. The molecule has 128 valence electrons. The van der Waals surface area contributed by atoms with Crippen LogP contribution in [-0.2, 0) is 4.79 Å². The van der Waals surface area contributed by atoms with Crippen LogP contribution >= 0.6 is 11.3 Å². The van der Waals surface area contributed by atoms with Crippen LogP contribution in [0.3, 0.4) is 0 Å². The second-order valence-corrected chi connectivity index (χ2v) is 6.91. The van der Waals surface area contributed by atoms with Crippen LogP contribution in [0.5, 0.6) is 0 Å². The first-order valence-corrected chi connectivity index (χ1v) is 8.92. The monoisotopic (exact) mass is 346 g/mol. The van der Waals surface area contributed by atoms with Gasteiger partial charge in [-0.25, -0.2) is 4.98 Å². The van der Waals surface area contributed by atoms with Gasteiger partial charge in [0.15, 0.2) is 10.9 Å². The molecule has 3 heterocycles. The highest BCUT2D eigenvalue weighted by Crippen LogP contribution is 2.23. The summed E-state index contributed by atoms with van der Waals surface area (Å²) < 4.78 is 0. The lowest BCUT2D eigenvalue weighted by atomic mass is 10.2. The molecular weight excluding hydrogens is 324 g/mol. The molecule has 0 bridgehead atoms. The van der Waals surface area contributed by atoms with Crippen LogP contribution < -0.4 is 9.80 Å². The number of anilines is 2. The number of amides is 1. The molecule has 1 fully saturated rings. The zero-order valence-corrected chi connectivity index (χ0v) is 14.8. The quantitative estimate of drug-likeness (QED) is 0.790. The van der Waals surface area contributed by atoms with E-state index >= 15 is 0 Å². The van der Waals surface area contributed by atoms with Crippen molar-refractivity contribution >= 4 is 28.2 Å². The summed E-state index contributed by atoms with van der Waals surface area (Å²) in [4.78, 5) is 22.6. The Morgan fingerprint density at radius 1 is 1.42 bits per heavy atom. The summed E-state index contributed by atoms with van der Waals surface area (Å²) in [5.41, 5.74) is 0. The van der Waals surface area contributed by atoms with Crippen LogP contribution in [0, 0.1) is 0 Å². The number of likely N-dealkylation sites (N-methyl/N-ethyl adjacent to an activating group) is 2. The minimum Gasteiger partial charge on any atom is -0.351 e.